The van der Waals surface area contributed by atoms with E-state index in [0.29, 0.717) is 29.5 Å². The molecule has 17 heteroatoms. The molecule has 0 fully saturated rings. The van der Waals surface area contributed by atoms with E-state index >= 15 is 0 Å². The highest BCUT2D eigenvalue weighted by atomic mass is 32.2. The molecule has 4 aromatic carbocycles. The highest BCUT2D eigenvalue weighted by molar-refractivity contribution is 7.90. The van der Waals surface area contributed by atoms with Gasteiger partial charge in [0.25, 0.3) is 5.89 Å². The summed E-state index contributed by atoms with van der Waals surface area (Å²) in [6.07, 6.45) is 1.73. The first-order valence-corrected chi connectivity index (χ1v) is 18.8. The zero-order valence-electron chi connectivity index (χ0n) is 30.9. The fraction of sp³-hybridized carbons (Fsp3) is 0.220. The molecule has 0 amide bonds. The van der Waals surface area contributed by atoms with Crippen molar-refractivity contribution in [1.82, 2.24) is 20.4 Å². The first-order valence-electron chi connectivity index (χ1n) is 16.9. The van der Waals surface area contributed by atoms with E-state index in [4.69, 9.17) is 25.1 Å². The molecule has 0 saturated carbocycles. The van der Waals surface area contributed by atoms with E-state index in [-0.39, 0.29) is 17.9 Å². The van der Waals surface area contributed by atoms with Crippen molar-refractivity contribution >= 4 is 9.84 Å². The van der Waals surface area contributed by atoms with E-state index in [1.165, 1.54) is 24.3 Å². The number of hydrogen-bond acceptors (Lipinski definition) is 10. The average molecular weight is 825 g/mol. The van der Waals surface area contributed by atoms with Gasteiger partial charge < -0.3 is 18.7 Å². The molecule has 0 radical (unpaired) electrons. The van der Waals surface area contributed by atoms with Gasteiger partial charge in [-0.2, -0.15) is 26.3 Å². The van der Waals surface area contributed by atoms with Gasteiger partial charge in [-0.25, -0.2) is 8.42 Å². The standard InChI is InChI=1S/C20H15F3N2O2.C17H13F3N2O3S.C4H6O/c1-3-13(2)26-19-25-24-18(27-19)17-7-5-4-6-15(17)12-14-8-10-16(11-9-14)20(21,22)23;1-26(23,24)16-22-21-15(25-16)14-5-3-2-4-12(14)10-11-6-8-13(9-7-11)17(18,19)20;1-3-4(2)5/h1,4-11,13H,12H2,2H3;2-9H,10H2,1H3;1,4-5H,2H3. The Balaban J connectivity index is 0.000000230. The molecular weight excluding hydrogens is 791 g/mol. The van der Waals surface area contributed by atoms with Gasteiger partial charge in [-0.05, 0) is 85.3 Å². The van der Waals surface area contributed by atoms with E-state index in [1.807, 2.05) is 12.1 Å². The third kappa shape index (κ3) is 12.8. The fourth-order valence-corrected chi connectivity index (χ4v) is 5.27. The third-order valence-electron chi connectivity index (χ3n) is 7.73. The highest BCUT2D eigenvalue weighted by Gasteiger charge is 2.31. The summed E-state index contributed by atoms with van der Waals surface area (Å²) in [5.74, 6) is 4.76. The molecule has 2 heterocycles. The second-order valence-corrected chi connectivity index (χ2v) is 14.2. The number of terminal acetylenes is 2. The molecule has 58 heavy (non-hydrogen) atoms. The van der Waals surface area contributed by atoms with E-state index < -0.39 is 50.7 Å². The van der Waals surface area contributed by atoms with Gasteiger partial charge in [0.2, 0.25) is 15.7 Å². The van der Waals surface area contributed by atoms with Crippen molar-refractivity contribution in [3.8, 4) is 53.7 Å². The third-order valence-corrected chi connectivity index (χ3v) is 8.53. The van der Waals surface area contributed by atoms with Crippen LogP contribution in [0.2, 0.25) is 0 Å². The molecule has 0 spiro atoms. The molecule has 6 aromatic rings. The van der Waals surface area contributed by atoms with Crippen LogP contribution in [-0.4, -0.2) is 52.4 Å². The van der Waals surface area contributed by atoms with Gasteiger partial charge in [0.05, 0.1) is 11.1 Å². The zero-order chi connectivity index (χ0) is 42.7. The summed E-state index contributed by atoms with van der Waals surface area (Å²) in [6.45, 7) is 3.21. The molecule has 10 nitrogen and oxygen atoms in total. The van der Waals surface area contributed by atoms with Gasteiger partial charge in [0.15, 0.2) is 6.10 Å². The van der Waals surface area contributed by atoms with Gasteiger partial charge in [0.1, 0.15) is 6.10 Å². The van der Waals surface area contributed by atoms with Crippen LogP contribution in [0.15, 0.2) is 111 Å². The molecule has 6 rings (SSSR count). The van der Waals surface area contributed by atoms with E-state index in [1.54, 1.807) is 50.2 Å². The monoisotopic (exact) mass is 824 g/mol. The van der Waals surface area contributed by atoms with Gasteiger partial charge in [-0.3, -0.25) is 0 Å². The maximum Gasteiger partial charge on any atom is 0.416 e. The van der Waals surface area contributed by atoms with Gasteiger partial charge in [-0.1, -0.05) is 82.7 Å². The molecule has 2 unspecified atom stereocenters. The normalized spacial score (nSPS) is 12.4. The first-order chi connectivity index (χ1) is 27.3. The second kappa shape index (κ2) is 19.1. The summed E-state index contributed by atoms with van der Waals surface area (Å²) in [6, 6.07) is 24.1. The van der Waals surface area contributed by atoms with Gasteiger partial charge in [0, 0.05) is 17.4 Å². The molecule has 302 valence electrons. The Bertz CT molecular complexity index is 2460. The predicted molar refractivity (Wildman–Crippen MR) is 201 cm³/mol. The van der Waals surface area contributed by atoms with Crippen LogP contribution in [0, 0.1) is 24.7 Å². The predicted octanol–water partition coefficient (Wildman–Crippen LogP) is 8.50. The molecule has 2 atom stereocenters. The Morgan fingerprint density at radius 1 is 0.672 bits per heavy atom. The summed E-state index contributed by atoms with van der Waals surface area (Å²) in [5.41, 5.74) is 2.74. The lowest BCUT2D eigenvalue weighted by Gasteiger charge is -2.09. The Kier molecular flexibility index (Phi) is 14.6. The second-order valence-electron chi connectivity index (χ2n) is 12.3. The SMILES string of the molecule is C#CC(C)O.C#CC(C)Oc1nnc(-c2ccccc2Cc2ccc(C(F)(F)F)cc2)o1.CS(=O)(=O)c1nnc(-c2ccccc2Cc2ccc(C(F)(F)F)cc2)o1. The van der Waals surface area contributed by atoms with Gasteiger partial charge >= 0.3 is 23.7 Å². The Morgan fingerprint density at radius 3 is 1.47 bits per heavy atom. The Hall–Kier alpha value is -6.43. The van der Waals surface area contributed by atoms with Crippen molar-refractivity contribution in [2.24, 2.45) is 0 Å². The van der Waals surface area contributed by atoms with Crippen LogP contribution in [-0.2, 0) is 35.0 Å². The molecule has 0 aliphatic rings. The van der Waals surface area contributed by atoms with Crippen molar-refractivity contribution in [1.29, 1.82) is 0 Å². The lowest BCUT2D eigenvalue weighted by atomic mass is 9.99. The number of halogens is 6. The fourth-order valence-electron chi connectivity index (χ4n) is 4.85. The molecule has 0 bridgehead atoms. The molecule has 0 aliphatic carbocycles. The minimum absolute atomic E-state index is 0.0351. The van der Waals surface area contributed by atoms with Crippen LogP contribution in [0.1, 0.15) is 47.2 Å². The first kappa shape index (κ1) is 44.3. The maximum absolute atomic E-state index is 12.7. The highest BCUT2D eigenvalue weighted by Crippen LogP contribution is 2.32. The summed E-state index contributed by atoms with van der Waals surface area (Å²) < 4.78 is 115. The Morgan fingerprint density at radius 2 is 1.09 bits per heavy atom. The van der Waals surface area contributed by atoms with Crippen LogP contribution in [0.4, 0.5) is 26.3 Å². The van der Waals surface area contributed by atoms with Crippen molar-refractivity contribution in [3.63, 3.8) is 0 Å². The number of alkyl halides is 6. The number of ether oxygens (including phenoxy) is 1. The summed E-state index contributed by atoms with van der Waals surface area (Å²) in [7, 11) is -3.63. The van der Waals surface area contributed by atoms with Crippen LogP contribution in [0.25, 0.3) is 22.9 Å². The summed E-state index contributed by atoms with van der Waals surface area (Å²) >= 11 is 0. The van der Waals surface area contributed by atoms with Crippen molar-refractivity contribution in [3.05, 3.63) is 130 Å². The lowest BCUT2D eigenvalue weighted by Crippen LogP contribution is -2.08. The maximum atomic E-state index is 12.7. The quantitative estimate of drug-likeness (QED) is 0.111. The number of aliphatic hydroxyl groups is 1. The molecule has 0 saturated heterocycles. The average Bonchev–Trinajstić information content (AvgIpc) is 3.87. The number of benzene rings is 4. The summed E-state index contributed by atoms with van der Waals surface area (Å²) in [4.78, 5) is 0. The zero-order valence-corrected chi connectivity index (χ0v) is 31.7. The molecular formula is C41H34F6N4O6S. The molecule has 0 aliphatic heterocycles. The number of hydrogen-bond donors (Lipinski definition) is 1. The number of aliphatic hydroxyl groups excluding tert-OH is 1. The minimum atomic E-state index is -4.39. The molecule has 2 aromatic heterocycles. The largest absolute Gasteiger partial charge is 0.433 e. The van der Waals surface area contributed by atoms with E-state index in [9.17, 15) is 34.8 Å². The number of rotatable bonds is 9. The van der Waals surface area contributed by atoms with Crippen LogP contribution in [0.3, 0.4) is 0 Å². The molecule has 1 N–H and O–H groups in total. The number of nitrogens with zero attached hydrogens (tertiary/aromatic N) is 4. The van der Waals surface area contributed by atoms with Crippen LogP contribution in [0.5, 0.6) is 6.08 Å². The van der Waals surface area contributed by atoms with Crippen LogP contribution >= 0.6 is 0 Å². The number of aromatic nitrogens is 4. The topological polar surface area (TPSA) is 141 Å². The smallest absolute Gasteiger partial charge is 0.416 e. The van der Waals surface area contributed by atoms with Crippen molar-refractivity contribution in [2.75, 3.05) is 6.26 Å². The van der Waals surface area contributed by atoms with Crippen molar-refractivity contribution < 1.29 is 53.4 Å². The van der Waals surface area contributed by atoms with E-state index in [0.717, 1.165) is 47.2 Å². The minimum Gasteiger partial charge on any atom is -0.433 e. The van der Waals surface area contributed by atoms with Crippen LogP contribution < -0.4 is 4.74 Å². The lowest BCUT2D eigenvalue weighted by molar-refractivity contribution is -0.138. The summed E-state index contributed by atoms with van der Waals surface area (Å²) in [5, 5.41) is 22.7. The van der Waals surface area contributed by atoms with E-state index in [2.05, 4.69) is 38.7 Å². The van der Waals surface area contributed by atoms with Gasteiger partial charge in [-0.15, -0.1) is 23.0 Å². The number of sulfone groups is 1. The van der Waals surface area contributed by atoms with Crippen molar-refractivity contribution in [2.45, 2.75) is 56.5 Å². The Labute approximate surface area is 329 Å².